The van der Waals surface area contributed by atoms with Crippen molar-refractivity contribution >= 4 is 0 Å². The second-order valence-electron chi connectivity index (χ2n) is 5.42. The van der Waals surface area contributed by atoms with Crippen LogP contribution in [0.25, 0.3) is 11.3 Å². The number of nitrogens with one attached hydrogen (secondary N) is 1. The zero-order valence-electron chi connectivity index (χ0n) is 12.7. The summed E-state index contributed by atoms with van der Waals surface area (Å²) in [4.78, 5) is 2.20. The lowest BCUT2D eigenvalue weighted by Gasteiger charge is -2.22. The number of aromatic hydroxyl groups is 1. The highest BCUT2D eigenvalue weighted by atomic mass is 16.3. The Hall–Kier alpha value is -2.53. The lowest BCUT2D eigenvalue weighted by atomic mass is 10.1. The molecule has 0 amide bonds. The molecule has 0 aliphatic carbocycles. The average molecular weight is 297 g/mol. The molecule has 0 aliphatic rings. The minimum absolute atomic E-state index is 0.178. The average Bonchev–Trinajstić information content (AvgIpc) is 3.18. The molecule has 1 atom stereocenters. The molecule has 2 aromatic heterocycles. The largest absolute Gasteiger partial charge is 0.508 e. The van der Waals surface area contributed by atoms with Crippen molar-refractivity contribution < 1.29 is 9.52 Å². The first-order valence-electron chi connectivity index (χ1n) is 7.20. The first-order chi connectivity index (χ1) is 10.6. The fourth-order valence-corrected chi connectivity index (χ4v) is 2.46. The monoisotopic (exact) mass is 297 g/mol. The molecular weight excluding hydrogens is 278 g/mol. The third-order valence-corrected chi connectivity index (χ3v) is 3.91. The van der Waals surface area contributed by atoms with Gasteiger partial charge >= 0.3 is 0 Å². The van der Waals surface area contributed by atoms with Gasteiger partial charge in [0, 0.05) is 17.7 Å². The van der Waals surface area contributed by atoms with Gasteiger partial charge < -0.3 is 9.52 Å². The third kappa shape index (κ3) is 2.89. The maximum atomic E-state index is 9.40. The number of nitrogens with zero attached hydrogens (tertiary/aromatic N) is 2. The Balaban J connectivity index is 1.79. The van der Waals surface area contributed by atoms with E-state index in [1.54, 1.807) is 18.4 Å². The van der Waals surface area contributed by atoms with Crippen molar-refractivity contribution in [2.45, 2.75) is 19.5 Å². The van der Waals surface area contributed by atoms with Gasteiger partial charge in [-0.3, -0.25) is 10.00 Å². The molecule has 0 spiro atoms. The molecule has 0 saturated carbocycles. The van der Waals surface area contributed by atoms with Crippen molar-refractivity contribution in [2.24, 2.45) is 0 Å². The van der Waals surface area contributed by atoms with Crippen molar-refractivity contribution in [3.63, 3.8) is 0 Å². The van der Waals surface area contributed by atoms with Crippen molar-refractivity contribution in [1.29, 1.82) is 0 Å². The summed E-state index contributed by atoms with van der Waals surface area (Å²) in [6.45, 7) is 2.85. The Morgan fingerprint density at radius 3 is 2.73 bits per heavy atom. The molecular formula is C17H19N3O2. The second kappa shape index (κ2) is 6.07. The number of rotatable bonds is 5. The number of phenolic OH excluding ortho intramolecular Hbond substituents is 1. The zero-order valence-corrected chi connectivity index (χ0v) is 12.7. The topological polar surface area (TPSA) is 65.3 Å². The van der Waals surface area contributed by atoms with Gasteiger partial charge in [-0.25, -0.2) is 0 Å². The molecule has 0 saturated heterocycles. The number of phenols is 1. The highest BCUT2D eigenvalue weighted by Gasteiger charge is 2.17. The lowest BCUT2D eigenvalue weighted by molar-refractivity contribution is 0.223. The molecule has 0 aliphatic heterocycles. The molecule has 5 heteroatoms. The van der Waals surface area contributed by atoms with Crippen LogP contribution in [0.4, 0.5) is 0 Å². The van der Waals surface area contributed by atoms with E-state index in [2.05, 4.69) is 29.1 Å². The molecule has 0 fully saturated rings. The lowest BCUT2D eigenvalue weighted by Crippen LogP contribution is -2.21. The van der Waals surface area contributed by atoms with Gasteiger partial charge in [0.05, 0.1) is 24.2 Å². The van der Waals surface area contributed by atoms with Gasteiger partial charge in [-0.05, 0) is 50.4 Å². The minimum atomic E-state index is 0.178. The van der Waals surface area contributed by atoms with Crippen LogP contribution in [0, 0.1) is 0 Å². The highest BCUT2D eigenvalue weighted by molar-refractivity contribution is 5.63. The molecule has 2 heterocycles. The Kier molecular flexibility index (Phi) is 3.98. The maximum absolute atomic E-state index is 9.40. The Bertz CT molecular complexity index is 717. The van der Waals surface area contributed by atoms with Crippen LogP contribution in [-0.2, 0) is 6.54 Å². The van der Waals surface area contributed by atoms with E-state index in [9.17, 15) is 5.11 Å². The summed E-state index contributed by atoms with van der Waals surface area (Å²) in [5.41, 5.74) is 3.08. The van der Waals surface area contributed by atoms with Crippen LogP contribution >= 0.6 is 0 Å². The van der Waals surface area contributed by atoms with Crippen molar-refractivity contribution in [3.05, 3.63) is 60.2 Å². The molecule has 2 N–H and O–H groups in total. The maximum Gasteiger partial charge on any atom is 0.120 e. The molecule has 0 bridgehead atoms. The van der Waals surface area contributed by atoms with Gasteiger partial charge in [0.2, 0.25) is 0 Å². The summed E-state index contributed by atoms with van der Waals surface area (Å²) in [5, 5.41) is 16.6. The summed E-state index contributed by atoms with van der Waals surface area (Å²) >= 11 is 0. The van der Waals surface area contributed by atoms with Crippen molar-refractivity contribution in [3.8, 4) is 17.0 Å². The molecule has 22 heavy (non-hydrogen) atoms. The van der Waals surface area contributed by atoms with Gasteiger partial charge in [0.15, 0.2) is 0 Å². The Morgan fingerprint density at radius 1 is 1.27 bits per heavy atom. The Labute approximate surface area is 129 Å². The number of benzene rings is 1. The van der Waals surface area contributed by atoms with Crippen LogP contribution < -0.4 is 0 Å². The van der Waals surface area contributed by atoms with Crippen LogP contribution in [0.15, 0.2) is 53.3 Å². The zero-order chi connectivity index (χ0) is 15.5. The van der Waals surface area contributed by atoms with E-state index < -0.39 is 0 Å². The van der Waals surface area contributed by atoms with Crippen LogP contribution in [0.2, 0.25) is 0 Å². The van der Waals surface area contributed by atoms with E-state index in [0.29, 0.717) is 0 Å². The van der Waals surface area contributed by atoms with E-state index in [-0.39, 0.29) is 11.8 Å². The van der Waals surface area contributed by atoms with Gasteiger partial charge in [0.25, 0.3) is 0 Å². The fraction of sp³-hybridized carbons (Fsp3) is 0.235. The Morgan fingerprint density at radius 2 is 2.05 bits per heavy atom. The summed E-state index contributed by atoms with van der Waals surface area (Å²) < 4.78 is 5.47. The number of hydrogen-bond donors (Lipinski definition) is 2. The van der Waals surface area contributed by atoms with Gasteiger partial charge in [-0.2, -0.15) is 5.10 Å². The number of aromatic nitrogens is 2. The summed E-state index contributed by atoms with van der Waals surface area (Å²) in [6, 6.07) is 11.2. The van der Waals surface area contributed by atoms with Gasteiger partial charge in [-0.1, -0.05) is 0 Å². The standard InChI is InChI=1S/C17H19N3O2/c1-12(16-4-3-9-22-16)20(2)11-14-10-18-19-17(14)13-5-7-15(21)8-6-13/h3-10,12,21H,11H2,1-2H3,(H,18,19). The fourth-order valence-electron chi connectivity index (χ4n) is 2.46. The summed E-state index contributed by atoms with van der Waals surface area (Å²) in [7, 11) is 2.06. The minimum Gasteiger partial charge on any atom is -0.508 e. The van der Waals surface area contributed by atoms with Gasteiger partial charge in [0.1, 0.15) is 11.5 Å². The SMILES string of the molecule is CC(c1ccco1)N(C)Cc1cn[nH]c1-c1ccc(O)cc1. The normalized spacial score (nSPS) is 12.7. The molecule has 5 nitrogen and oxygen atoms in total. The predicted octanol–water partition coefficient (Wildman–Crippen LogP) is 3.57. The quantitative estimate of drug-likeness (QED) is 0.755. The third-order valence-electron chi connectivity index (χ3n) is 3.91. The first-order valence-corrected chi connectivity index (χ1v) is 7.20. The highest BCUT2D eigenvalue weighted by Crippen LogP contribution is 2.26. The van der Waals surface area contributed by atoms with Crippen molar-refractivity contribution in [1.82, 2.24) is 15.1 Å². The summed E-state index contributed by atoms with van der Waals surface area (Å²) in [6.07, 6.45) is 3.53. The smallest absolute Gasteiger partial charge is 0.120 e. The number of hydrogen-bond acceptors (Lipinski definition) is 4. The van der Waals surface area contributed by atoms with E-state index in [1.807, 2.05) is 30.5 Å². The van der Waals surface area contributed by atoms with Crippen LogP contribution in [0.3, 0.4) is 0 Å². The van der Waals surface area contributed by atoms with Crippen LogP contribution in [0.5, 0.6) is 5.75 Å². The number of H-pyrrole nitrogens is 1. The molecule has 3 aromatic rings. The molecule has 114 valence electrons. The predicted molar refractivity (Wildman–Crippen MR) is 84.3 cm³/mol. The molecule has 0 radical (unpaired) electrons. The molecule has 1 aromatic carbocycles. The molecule has 1 unspecified atom stereocenters. The van der Waals surface area contributed by atoms with E-state index in [1.165, 1.54) is 0 Å². The summed E-state index contributed by atoms with van der Waals surface area (Å²) in [5.74, 6) is 1.20. The number of furan rings is 1. The van der Waals surface area contributed by atoms with Crippen LogP contribution in [0.1, 0.15) is 24.3 Å². The first kappa shape index (κ1) is 14.4. The number of aromatic amines is 1. The molecule has 3 rings (SSSR count). The van der Waals surface area contributed by atoms with E-state index in [4.69, 9.17) is 4.42 Å². The second-order valence-corrected chi connectivity index (χ2v) is 5.42. The van der Waals surface area contributed by atoms with Crippen molar-refractivity contribution in [2.75, 3.05) is 7.05 Å². The van der Waals surface area contributed by atoms with E-state index >= 15 is 0 Å². The van der Waals surface area contributed by atoms with E-state index in [0.717, 1.165) is 29.1 Å². The van der Waals surface area contributed by atoms with Crippen LogP contribution in [-0.4, -0.2) is 27.3 Å². The van der Waals surface area contributed by atoms with Gasteiger partial charge in [-0.15, -0.1) is 0 Å².